The van der Waals surface area contributed by atoms with Gasteiger partial charge in [-0.25, -0.2) is 22.5 Å². The molecule has 220 valence electrons. The van der Waals surface area contributed by atoms with Gasteiger partial charge in [0.05, 0.1) is 27.5 Å². The molecule has 13 heteroatoms. The molecule has 0 aliphatic heterocycles. The minimum atomic E-state index is -3.34. The lowest BCUT2D eigenvalue weighted by atomic mass is 9.95. The quantitative estimate of drug-likeness (QED) is 0.190. The van der Waals surface area contributed by atoms with Crippen LogP contribution in [0.3, 0.4) is 0 Å². The van der Waals surface area contributed by atoms with E-state index in [0.29, 0.717) is 15.9 Å². The van der Waals surface area contributed by atoms with Gasteiger partial charge in [0.15, 0.2) is 0 Å². The fraction of sp³-hybridized carbons (Fsp3) is 0.267. The number of pyridine rings is 1. The highest BCUT2D eigenvalue weighted by atomic mass is 32.1. The average Bonchev–Trinajstić information content (AvgIpc) is 3.37. The number of halogens is 6. The Balaban J connectivity index is 1.24. The first kappa shape index (κ1) is 27.6. The molecule has 3 aromatic heterocycles. The maximum absolute atomic E-state index is 14.7. The largest absolute Gasteiger partial charge is 0.346 e. The lowest BCUT2D eigenvalue weighted by Crippen LogP contribution is -2.34. The van der Waals surface area contributed by atoms with Crippen LogP contribution < -0.4 is 5.32 Å². The molecule has 1 fully saturated rings. The number of carbonyl (C=O) groups excluding carboxylic acids is 1. The predicted molar refractivity (Wildman–Crippen MR) is 146 cm³/mol. The van der Waals surface area contributed by atoms with Gasteiger partial charge >= 0.3 is 0 Å². The van der Waals surface area contributed by atoms with E-state index in [4.69, 9.17) is 0 Å². The molecule has 0 spiro atoms. The Morgan fingerprint density at radius 2 is 1.88 bits per heavy atom. The normalized spacial score (nSPS) is 19.0. The van der Waals surface area contributed by atoms with Crippen LogP contribution in [0.5, 0.6) is 0 Å². The van der Waals surface area contributed by atoms with Crippen molar-refractivity contribution in [3.8, 4) is 11.1 Å². The van der Waals surface area contributed by atoms with Gasteiger partial charge in [-0.3, -0.25) is 14.5 Å². The molecule has 2 aliphatic carbocycles. The second-order valence-electron chi connectivity index (χ2n) is 10.8. The first-order chi connectivity index (χ1) is 20.6. The number of fused-ring (bicyclic) bond motifs is 4. The minimum absolute atomic E-state index is 0.0963. The van der Waals surface area contributed by atoms with Gasteiger partial charge in [0, 0.05) is 29.3 Å². The van der Waals surface area contributed by atoms with E-state index in [-0.39, 0.29) is 24.0 Å². The van der Waals surface area contributed by atoms with Crippen LogP contribution in [-0.4, -0.2) is 25.7 Å². The van der Waals surface area contributed by atoms with Gasteiger partial charge < -0.3 is 5.32 Å². The summed E-state index contributed by atoms with van der Waals surface area (Å²) in [5.41, 5.74) is 2.76. The second kappa shape index (κ2) is 10.2. The Morgan fingerprint density at radius 3 is 2.65 bits per heavy atom. The molecule has 2 aliphatic rings. The molecule has 1 N–H and O–H groups in total. The van der Waals surface area contributed by atoms with E-state index in [9.17, 15) is 31.1 Å². The third-order valence-electron chi connectivity index (χ3n) is 7.98. The molecule has 2 unspecified atom stereocenters. The molecule has 0 bridgehead atoms. The summed E-state index contributed by atoms with van der Waals surface area (Å²) in [6.07, 6.45) is -1.64. The standard InChI is InChI=1S/C30H21F6N5OS/c31-16-6-14(7-17(32)10-16)8-22(26-18(2-1-5-37-26)15-3-4-23-21(9-15)38-13-43-23)39-24(42)12-41-27(29(33)34)25-19-11-20(19)30(35,36)28(25)40-41/h1-7,9-10,13,19-20,22,29H,8,11-12H2,(H,39,42)/t19?,20?,22-/m0/s1. The predicted octanol–water partition coefficient (Wildman–Crippen LogP) is 7.08. The molecular weight excluding hydrogens is 592 g/mol. The summed E-state index contributed by atoms with van der Waals surface area (Å²) in [6, 6.07) is 11.0. The number of nitrogens with zero attached hydrogens (tertiary/aromatic N) is 4. The topological polar surface area (TPSA) is 72.7 Å². The fourth-order valence-corrected chi connectivity index (χ4v) is 6.72. The smallest absolute Gasteiger partial charge is 0.295 e. The van der Waals surface area contributed by atoms with Gasteiger partial charge in [-0.1, -0.05) is 12.1 Å². The SMILES string of the molecule is O=C(Cn1nc2c(c1C(F)F)C1CC1C2(F)F)N[C@@H](Cc1cc(F)cc(F)c1)c1ncccc1-c1ccc2scnc2c1. The van der Waals surface area contributed by atoms with Gasteiger partial charge in [0.25, 0.3) is 12.3 Å². The lowest BCUT2D eigenvalue weighted by molar-refractivity contribution is -0.122. The Kier molecular flexibility index (Phi) is 6.53. The van der Waals surface area contributed by atoms with E-state index < -0.39 is 65.7 Å². The monoisotopic (exact) mass is 613 g/mol. The lowest BCUT2D eigenvalue weighted by Gasteiger charge is -2.22. The van der Waals surface area contributed by atoms with Crippen LogP contribution in [0.1, 0.15) is 53.0 Å². The molecule has 1 saturated carbocycles. The summed E-state index contributed by atoms with van der Waals surface area (Å²) >= 11 is 1.47. The van der Waals surface area contributed by atoms with E-state index >= 15 is 0 Å². The first-order valence-corrected chi connectivity index (χ1v) is 14.3. The molecule has 0 radical (unpaired) electrons. The zero-order valence-electron chi connectivity index (χ0n) is 22.1. The average molecular weight is 614 g/mol. The maximum Gasteiger partial charge on any atom is 0.295 e. The highest BCUT2D eigenvalue weighted by Crippen LogP contribution is 2.67. The van der Waals surface area contributed by atoms with E-state index in [1.807, 2.05) is 18.2 Å². The van der Waals surface area contributed by atoms with Crippen LogP contribution in [0.2, 0.25) is 0 Å². The van der Waals surface area contributed by atoms with Crippen molar-refractivity contribution in [2.45, 2.75) is 43.7 Å². The molecule has 3 atom stereocenters. The molecule has 43 heavy (non-hydrogen) atoms. The second-order valence-corrected chi connectivity index (χ2v) is 11.6. The Morgan fingerprint density at radius 1 is 1.09 bits per heavy atom. The van der Waals surface area contributed by atoms with Crippen molar-refractivity contribution < 1.29 is 31.1 Å². The van der Waals surface area contributed by atoms with Crippen LogP contribution in [0.4, 0.5) is 26.3 Å². The highest BCUT2D eigenvalue weighted by Gasteiger charge is 2.67. The number of aromatic nitrogens is 4. The van der Waals surface area contributed by atoms with Crippen LogP contribution >= 0.6 is 11.3 Å². The molecule has 3 heterocycles. The Bertz CT molecular complexity index is 1870. The van der Waals surface area contributed by atoms with Gasteiger partial charge in [-0.2, -0.15) is 13.9 Å². The molecule has 7 rings (SSSR count). The third-order valence-corrected chi connectivity index (χ3v) is 8.79. The number of alkyl halides is 4. The number of amides is 1. The third kappa shape index (κ3) is 4.85. The molecule has 5 aromatic rings. The van der Waals surface area contributed by atoms with Crippen molar-refractivity contribution in [3.63, 3.8) is 0 Å². The van der Waals surface area contributed by atoms with Gasteiger partial charge in [-0.05, 0) is 60.2 Å². The molecular formula is C30H21F6N5OS. The van der Waals surface area contributed by atoms with Crippen molar-refractivity contribution >= 4 is 27.5 Å². The summed E-state index contributed by atoms with van der Waals surface area (Å²) in [6.45, 7) is -0.763. The number of thiazole rings is 1. The summed E-state index contributed by atoms with van der Waals surface area (Å²) in [5, 5.41) is 6.50. The zero-order valence-corrected chi connectivity index (χ0v) is 22.9. The molecule has 2 aromatic carbocycles. The zero-order chi connectivity index (χ0) is 30.0. The molecule has 1 amide bonds. The minimum Gasteiger partial charge on any atom is -0.346 e. The Labute approximate surface area is 244 Å². The van der Waals surface area contributed by atoms with Crippen LogP contribution in [0.25, 0.3) is 21.3 Å². The molecule has 6 nitrogen and oxygen atoms in total. The van der Waals surface area contributed by atoms with Crippen LogP contribution in [-0.2, 0) is 23.7 Å². The first-order valence-electron chi connectivity index (χ1n) is 13.4. The number of carbonyl (C=O) groups is 1. The van der Waals surface area contributed by atoms with Crippen molar-refractivity contribution in [1.29, 1.82) is 0 Å². The number of rotatable bonds is 8. The van der Waals surface area contributed by atoms with Crippen molar-refractivity contribution in [2.24, 2.45) is 5.92 Å². The van der Waals surface area contributed by atoms with E-state index in [2.05, 4.69) is 20.4 Å². The van der Waals surface area contributed by atoms with Crippen molar-refractivity contribution in [2.75, 3.05) is 0 Å². The van der Waals surface area contributed by atoms with Crippen LogP contribution in [0, 0.1) is 17.6 Å². The number of benzene rings is 2. The van der Waals surface area contributed by atoms with Crippen molar-refractivity contribution in [3.05, 3.63) is 100 Å². The van der Waals surface area contributed by atoms with Gasteiger partial charge in [0.1, 0.15) is 29.6 Å². The number of nitrogens with one attached hydrogen (secondary N) is 1. The number of hydrogen-bond acceptors (Lipinski definition) is 5. The maximum atomic E-state index is 14.7. The van der Waals surface area contributed by atoms with E-state index in [0.717, 1.165) is 34.0 Å². The fourth-order valence-electron chi connectivity index (χ4n) is 6.06. The summed E-state index contributed by atoms with van der Waals surface area (Å²) in [7, 11) is 0. The van der Waals surface area contributed by atoms with E-state index in [1.54, 1.807) is 17.6 Å². The summed E-state index contributed by atoms with van der Waals surface area (Å²) in [5.74, 6) is -7.52. The Hall–Kier alpha value is -4.26. The highest BCUT2D eigenvalue weighted by molar-refractivity contribution is 7.16. The molecule has 0 saturated heterocycles. The summed E-state index contributed by atoms with van der Waals surface area (Å²) in [4.78, 5) is 22.2. The van der Waals surface area contributed by atoms with E-state index in [1.165, 1.54) is 17.5 Å². The van der Waals surface area contributed by atoms with Gasteiger partial charge in [0.2, 0.25) is 5.91 Å². The van der Waals surface area contributed by atoms with Crippen LogP contribution in [0.15, 0.2) is 60.2 Å². The summed E-state index contributed by atoms with van der Waals surface area (Å²) < 4.78 is 87.4. The number of hydrogen-bond donors (Lipinski definition) is 1. The van der Waals surface area contributed by atoms with Crippen molar-refractivity contribution in [1.82, 2.24) is 25.1 Å². The van der Waals surface area contributed by atoms with Gasteiger partial charge in [-0.15, -0.1) is 11.3 Å².